The van der Waals surface area contributed by atoms with E-state index in [1.165, 1.54) is 11.1 Å². The molecule has 3 aromatic carbocycles. The van der Waals surface area contributed by atoms with E-state index in [1.807, 2.05) is 48.5 Å². The molecule has 1 saturated heterocycles. The maximum Gasteiger partial charge on any atom is 0.253 e. The first-order chi connectivity index (χ1) is 17.1. The number of nitrogens with zero attached hydrogens (tertiary/aromatic N) is 1. The Morgan fingerprint density at radius 1 is 0.829 bits per heavy atom. The molecule has 35 heavy (non-hydrogen) atoms. The predicted molar refractivity (Wildman–Crippen MR) is 143 cm³/mol. The minimum Gasteiger partial charge on any atom is -0.371 e. The van der Waals surface area contributed by atoms with Gasteiger partial charge in [-0.2, -0.15) is 0 Å². The number of nitrogens with one attached hydrogen (secondary N) is 2. The lowest BCUT2D eigenvalue weighted by Gasteiger charge is -2.35. The standard InChI is InChI=1S/C29H30BrN3O2/c30-22-10-5-9-21(19-22)28(34)31-23-15-17-33(18-16-23)27-14-4-3-12-25(27)29(35)32-26-13-6-8-20-7-1-2-11-24(20)26/h1-5,7,9-12,14,19,23,26H,6,8,13,15-18H2,(H,31,34)(H,32,35). The summed E-state index contributed by atoms with van der Waals surface area (Å²) < 4.78 is 0.895. The molecule has 1 aliphatic carbocycles. The SMILES string of the molecule is O=C(NC1CCN(c2ccccc2C(=O)NC2CCCc3ccccc32)CC1)c1cccc(Br)c1. The lowest BCUT2D eigenvalue weighted by atomic mass is 9.87. The van der Waals surface area contributed by atoms with E-state index in [-0.39, 0.29) is 23.9 Å². The van der Waals surface area contributed by atoms with Crippen LogP contribution in [0.2, 0.25) is 0 Å². The first kappa shape index (κ1) is 23.6. The third-order valence-electron chi connectivity index (χ3n) is 7.08. The van der Waals surface area contributed by atoms with Gasteiger partial charge >= 0.3 is 0 Å². The number of anilines is 1. The number of amides is 2. The summed E-state index contributed by atoms with van der Waals surface area (Å²) in [6, 6.07) is 23.9. The number of halogens is 1. The van der Waals surface area contributed by atoms with Crippen LogP contribution in [0.15, 0.2) is 77.3 Å². The van der Waals surface area contributed by atoms with Gasteiger partial charge in [-0.3, -0.25) is 9.59 Å². The van der Waals surface area contributed by atoms with E-state index >= 15 is 0 Å². The Bertz CT molecular complexity index is 1220. The highest BCUT2D eigenvalue weighted by atomic mass is 79.9. The van der Waals surface area contributed by atoms with Crippen molar-refractivity contribution in [3.8, 4) is 0 Å². The van der Waals surface area contributed by atoms with Crippen LogP contribution in [0.5, 0.6) is 0 Å². The van der Waals surface area contributed by atoms with Gasteiger partial charge in [-0.25, -0.2) is 0 Å². The van der Waals surface area contributed by atoms with Crippen molar-refractivity contribution in [1.29, 1.82) is 0 Å². The van der Waals surface area contributed by atoms with Crippen molar-refractivity contribution in [3.05, 3.63) is 99.5 Å². The second kappa shape index (κ2) is 10.6. The number of piperidine rings is 1. The van der Waals surface area contributed by atoms with Gasteiger partial charge in [0.25, 0.3) is 11.8 Å². The van der Waals surface area contributed by atoms with Crippen LogP contribution in [0.3, 0.4) is 0 Å². The topological polar surface area (TPSA) is 61.4 Å². The summed E-state index contributed by atoms with van der Waals surface area (Å²) in [5, 5.41) is 6.47. The number of carbonyl (C=O) groups is 2. The van der Waals surface area contributed by atoms with Crippen LogP contribution in [-0.2, 0) is 6.42 Å². The molecule has 0 aromatic heterocycles. The quantitative estimate of drug-likeness (QED) is 0.446. The molecule has 1 aliphatic heterocycles. The largest absolute Gasteiger partial charge is 0.371 e. The summed E-state index contributed by atoms with van der Waals surface area (Å²) in [7, 11) is 0. The Balaban J connectivity index is 1.23. The zero-order chi connectivity index (χ0) is 24.2. The molecule has 1 fully saturated rings. The molecular weight excluding hydrogens is 502 g/mol. The Hall–Kier alpha value is -3.12. The minimum absolute atomic E-state index is 0.0209. The molecule has 5 nitrogen and oxygen atoms in total. The van der Waals surface area contributed by atoms with Gasteiger partial charge in [-0.05, 0) is 73.6 Å². The van der Waals surface area contributed by atoms with Crippen molar-refractivity contribution >= 4 is 33.4 Å². The predicted octanol–water partition coefficient (Wildman–Crippen LogP) is 5.66. The van der Waals surface area contributed by atoms with Crippen molar-refractivity contribution in [2.45, 2.75) is 44.2 Å². The molecule has 0 bridgehead atoms. The summed E-state index contributed by atoms with van der Waals surface area (Å²) in [5.74, 6) is -0.0651. The number of benzene rings is 3. The first-order valence-electron chi connectivity index (χ1n) is 12.4. The number of rotatable bonds is 5. The van der Waals surface area contributed by atoms with Gasteiger partial charge < -0.3 is 15.5 Å². The van der Waals surface area contributed by atoms with E-state index in [2.05, 4.69) is 55.7 Å². The molecule has 180 valence electrons. The second-order valence-corrected chi connectivity index (χ2v) is 10.3. The van der Waals surface area contributed by atoms with Crippen LogP contribution >= 0.6 is 15.9 Å². The normalized spacial score (nSPS) is 18.0. The van der Waals surface area contributed by atoms with Gasteiger partial charge in [0.05, 0.1) is 11.6 Å². The first-order valence-corrected chi connectivity index (χ1v) is 13.2. The lowest BCUT2D eigenvalue weighted by molar-refractivity contribution is 0.0926. The van der Waals surface area contributed by atoms with Crippen molar-refractivity contribution < 1.29 is 9.59 Å². The highest BCUT2D eigenvalue weighted by molar-refractivity contribution is 9.10. The van der Waals surface area contributed by atoms with E-state index in [1.54, 1.807) is 0 Å². The third-order valence-corrected chi connectivity index (χ3v) is 7.57. The Kier molecular flexibility index (Phi) is 7.19. The van der Waals surface area contributed by atoms with Crippen molar-refractivity contribution in [3.63, 3.8) is 0 Å². The van der Waals surface area contributed by atoms with E-state index in [9.17, 15) is 9.59 Å². The summed E-state index contributed by atoms with van der Waals surface area (Å²) in [6.45, 7) is 1.58. The zero-order valence-electron chi connectivity index (χ0n) is 19.7. The number of hydrogen-bond acceptors (Lipinski definition) is 3. The molecule has 2 aliphatic rings. The molecule has 0 radical (unpaired) electrons. The molecule has 0 saturated carbocycles. The van der Waals surface area contributed by atoms with Crippen molar-refractivity contribution in [2.75, 3.05) is 18.0 Å². The van der Waals surface area contributed by atoms with E-state index in [4.69, 9.17) is 0 Å². The summed E-state index contributed by atoms with van der Waals surface area (Å²) in [4.78, 5) is 28.3. The highest BCUT2D eigenvalue weighted by Crippen LogP contribution is 2.31. The van der Waals surface area contributed by atoms with Crippen LogP contribution in [-0.4, -0.2) is 30.9 Å². The van der Waals surface area contributed by atoms with Gasteiger partial charge in [-0.15, -0.1) is 0 Å². The van der Waals surface area contributed by atoms with Gasteiger partial charge in [-0.1, -0.05) is 58.4 Å². The van der Waals surface area contributed by atoms with Gasteiger partial charge in [0.15, 0.2) is 0 Å². The highest BCUT2D eigenvalue weighted by Gasteiger charge is 2.26. The van der Waals surface area contributed by atoms with Crippen molar-refractivity contribution in [2.24, 2.45) is 0 Å². The second-order valence-electron chi connectivity index (χ2n) is 9.38. The fourth-order valence-electron chi connectivity index (χ4n) is 5.24. The maximum absolute atomic E-state index is 13.4. The summed E-state index contributed by atoms with van der Waals surface area (Å²) >= 11 is 3.43. The molecule has 5 rings (SSSR count). The van der Waals surface area contributed by atoms with Crippen LogP contribution in [0.25, 0.3) is 0 Å². The van der Waals surface area contributed by atoms with E-state index < -0.39 is 0 Å². The van der Waals surface area contributed by atoms with Crippen molar-refractivity contribution in [1.82, 2.24) is 10.6 Å². The van der Waals surface area contributed by atoms with Crippen LogP contribution in [0.4, 0.5) is 5.69 Å². The van der Waals surface area contributed by atoms with Crippen LogP contribution in [0, 0.1) is 0 Å². The molecule has 3 aromatic rings. The fraction of sp³-hybridized carbons (Fsp3) is 0.310. The van der Waals surface area contributed by atoms with E-state index in [0.717, 1.165) is 55.4 Å². The number of fused-ring (bicyclic) bond motifs is 1. The molecule has 1 unspecified atom stereocenters. The smallest absolute Gasteiger partial charge is 0.253 e. The molecule has 6 heteroatoms. The summed E-state index contributed by atoms with van der Waals surface area (Å²) in [6.07, 6.45) is 4.81. The monoisotopic (exact) mass is 531 g/mol. The summed E-state index contributed by atoms with van der Waals surface area (Å²) in [5.41, 5.74) is 4.92. The number of aryl methyl sites for hydroxylation is 1. The number of hydrogen-bond donors (Lipinski definition) is 2. The van der Waals surface area contributed by atoms with E-state index in [0.29, 0.717) is 11.1 Å². The molecule has 0 spiro atoms. The molecule has 2 amide bonds. The number of carbonyl (C=O) groups excluding carboxylic acids is 2. The average molecular weight is 532 g/mol. The molecular formula is C29H30BrN3O2. The Labute approximate surface area is 215 Å². The fourth-order valence-corrected chi connectivity index (χ4v) is 5.64. The van der Waals surface area contributed by atoms with Crippen LogP contribution in [0.1, 0.15) is 63.6 Å². The average Bonchev–Trinajstić information content (AvgIpc) is 2.89. The Morgan fingerprint density at radius 3 is 2.43 bits per heavy atom. The molecule has 2 N–H and O–H groups in total. The van der Waals surface area contributed by atoms with Crippen LogP contribution < -0.4 is 15.5 Å². The third kappa shape index (κ3) is 5.43. The Morgan fingerprint density at radius 2 is 1.60 bits per heavy atom. The van der Waals surface area contributed by atoms with Gasteiger partial charge in [0.2, 0.25) is 0 Å². The minimum atomic E-state index is -0.0442. The van der Waals surface area contributed by atoms with Gasteiger partial charge in [0.1, 0.15) is 0 Å². The maximum atomic E-state index is 13.4. The lowest BCUT2D eigenvalue weighted by Crippen LogP contribution is -2.45. The zero-order valence-corrected chi connectivity index (χ0v) is 21.3. The molecule has 1 heterocycles. The van der Waals surface area contributed by atoms with Gasteiger partial charge in [0, 0.05) is 34.9 Å². The number of para-hydroxylation sites is 1. The molecule has 1 atom stereocenters.